The molecule has 0 atom stereocenters. The fourth-order valence-electron chi connectivity index (χ4n) is 2.31. The molecule has 1 N–H and O–H groups in total. The topological polar surface area (TPSA) is 21.3 Å². The second-order valence-corrected chi connectivity index (χ2v) is 5.94. The van der Waals surface area contributed by atoms with Gasteiger partial charge in [-0.05, 0) is 49.5 Å². The normalized spacial score (nSPS) is 11.0. The first-order valence-corrected chi connectivity index (χ1v) is 8.06. The van der Waals surface area contributed by atoms with Crippen molar-refractivity contribution in [3.05, 3.63) is 29.8 Å². The lowest BCUT2D eigenvalue weighted by Crippen LogP contribution is -2.18. The van der Waals surface area contributed by atoms with Crippen LogP contribution in [0.25, 0.3) is 0 Å². The molecule has 2 heteroatoms. The number of unbranched alkanes of at least 4 members (excludes halogenated alkanes) is 3. The van der Waals surface area contributed by atoms with Gasteiger partial charge in [0, 0.05) is 0 Å². The summed E-state index contributed by atoms with van der Waals surface area (Å²) in [5.74, 6) is 1.79. The second-order valence-electron chi connectivity index (χ2n) is 5.94. The van der Waals surface area contributed by atoms with E-state index >= 15 is 0 Å². The van der Waals surface area contributed by atoms with Gasteiger partial charge < -0.3 is 10.1 Å². The predicted octanol–water partition coefficient (Wildman–Crippen LogP) is 4.43. The number of benzene rings is 1. The van der Waals surface area contributed by atoms with Crippen LogP contribution in [0, 0.1) is 5.92 Å². The van der Waals surface area contributed by atoms with E-state index in [0.717, 1.165) is 31.2 Å². The Morgan fingerprint density at radius 2 is 1.65 bits per heavy atom. The highest BCUT2D eigenvalue weighted by atomic mass is 16.5. The number of rotatable bonds is 11. The maximum Gasteiger partial charge on any atom is 0.118 e. The van der Waals surface area contributed by atoms with E-state index in [1.165, 1.54) is 37.7 Å². The zero-order valence-electron chi connectivity index (χ0n) is 13.5. The van der Waals surface area contributed by atoms with Gasteiger partial charge in [-0.2, -0.15) is 0 Å². The van der Waals surface area contributed by atoms with Crippen molar-refractivity contribution >= 4 is 0 Å². The largest absolute Gasteiger partial charge is 0.497 e. The summed E-state index contributed by atoms with van der Waals surface area (Å²) in [5, 5.41) is 3.53. The predicted molar refractivity (Wildman–Crippen MR) is 87.5 cm³/mol. The third-order valence-corrected chi connectivity index (χ3v) is 3.63. The van der Waals surface area contributed by atoms with Crippen LogP contribution in [-0.2, 0) is 6.42 Å². The van der Waals surface area contributed by atoms with Crippen molar-refractivity contribution in [2.75, 3.05) is 20.2 Å². The molecular weight excluding hydrogens is 246 g/mol. The van der Waals surface area contributed by atoms with Crippen molar-refractivity contribution in [2.24, 2.45) is 5.92 Å². The van der Waals surface area contributed by atoms with E-state index in [4.69, 9.17) is 4.74 Å². The molecule has 0 radical (unpaired) electrons. The SMILES string of the molecule is COc1ccc(CCNCCCCCCC(C)C)cc1. The molecule has 1 aromatic carbocycles. The molecule has 0 bridgehead atoms. The fourth-order valence-corrected chi connectivity index (χ4v) is 2.31. The minimum absolute atomic E-state index is 0.859. The molecule has 0 aromatic heterocycles. The van der Waals surface area contributed by atoms with Crippen LogP contribution in [0.4, 0.5) is 0 Å². The van der Waals surface area contributed by atoms with Crippen LogP contribution in [0.1, 0.15) is 51.5 Å². The van der Waals surface area contributed by atoms with Crippen LogP contribution in [0.15, 0.2) is 24.3 Å². The number of nitrogens with one attached hydrogen (secondary N) is 1. The highest BCUT2D eigenvalue weighted by Gasteiger charge is 1.96. The van der Waals surface area contributed by atoms with Gasteiger partial charge in [0.1, 0.15) is 5.75 Å². The van der Waals surface area contributed by atoms with E-state index in [2.05, 4.69) is 31.3 Å². The Morgan fingerprint density at radius 3 is 2.30 bits per heavy atom. The van der Waals surface area contributed by atoms with Gasteiger partial charge in [-0.3, -0.25) is 0 Å². The third-order valence-electron chi connectivity index (χ3n) is 3.63. The van der Waals surface area contributed by atoms with Crippen LogP contribution < -0.4 is 10.1 Å². The zero-order valence-corrected chi connectivity index (χ0v) is 13.5. The molecule has 0 aliphatic carbocycles. The summed E-state index contributed by atoms with van der Waals surface area (Å²) in [6.07, 6.45) is 7.92. The van der Waals surface area contributed by atoms with Gasteiger partial charge in [-0.1, -0.05) is 51.7 Å². The summed E-state index contributed by atoms with van der Waals surface area (Å²) < 4.78 is 5.16. The highest BCUT2D eigenvalue weighted by molar-refractivity contribution is 5.27. The summed E-state index contributed by atoms with van der Waals surface area (Å²) in [6, 6.07) is 8.35. The first-order valence-electron chi connectivity index (χ1n) is 8.06. The van der Waals surface area contributed by atoms with Gasteiger partial charge in [0.25, 0.3) is 0 Å². The Hall–Kier alpha value is -1.02. The molecule has 114 valence electrons. The summed E-state index contributed by atoms with van der Waals surface area (Å²) in [4.78, 5) is 0. The lowest BCUT2D eigenvalue weighted by Gasteiger charge is -2.07. The third kappa shape index (κ3) is 8.21. The van der Waals surface area contributed by atoms with Gasteiger partial charge in [-0.15, -0.1) is 0 Å². The number of methoxy groups -OCH3 is 1. The molecular formula is C18H31NO. The maximum atomic E-state index is 5.16. The van der Waals surface area contributed by atoms with Crippen LogP contribution >= 0.6 is 0 Å². The first-order chi connectivity index (χ1) is 9.72. The summed E-state index contributed by atoms with van der Waals surface area (Å²) in [5.41, 5.74) is 1.37. The van der Waals surface area contributed by atoms with E-state index in [-0.39, 0.29) is 0 Å². The van der Waals surface area contributed by atoms with Crippen molar-refractivity contribution in [3.8, 4) is 5.75 Å². The smallest absolute Gasteiger partial charge is 0.118 e. The van der Waals surface area contributed by atoms with E-state index in [9.17, 15) is 0 Å². The van der Waals surface area contributed by atoms with Crippen molar-refractivity contribution in [1.82, 2.24) is 5.32 Å². The molecule has 0 aliphatic heterocycles. The van der Waals surface area contributed by atoms with Gasteiger partial charge in [0.15, 0.2) is 0 Å². The quantitative estimate of drug-likeness (QED) is 0.604. The second kappa shape index (κ2) is 10.7. The molecule has 2 nitrogen and oxygen atoms in total. The lowest BCUT2D eigenvalue weighted by molar-refractivity contribution is 0.414. The van der Waals surface area contributed by atoms with Crippen LogP contribution in [0.3, 0.4) is 0 Å². The van der Waals surface area contributed by atoms with Gasteiger partial charge in [0.05, 0.1) is 7.11 Å². The van der Waals surface area contributed by atoms with E-state index < -0.39 is 0 Å². The van der Waals surface area contributed by atoms with Crippen molar-refractivity contribution in [3.63, 3.8) is 0 Å². The Labute approximate surface area is 124 Å². The van der Waals surface area contributed by atoms with Gasteiger partial charge >= 0.3 is 0 Å². The van der Waals surface area contributed by atoms with Crippen molar-refractivity contribution < 1.29 is 4.74 Å². The molecule has 0 saturated heterocycles. The molecule has 0 heterocycles. The summed E-state index contributed by atoms with van der Waals surface area (Å²) >= 11 is 0. The van der Waals surface area contributed by atoms with Crippen molar-refractivity contribution in [1.29, 1.82) is 0 Å². The molecule has 1 aromatic rings. The Morgan fingerprint density at radius 1 is 0.950 bits per heavy atom. The molecule has 0 spiro atoms. The molecule has 0 fully saturated rings. The van der Waals surface area contributed by atoms with Gasteiger partial charge in [0.2, 0.25) is 0 Å². The molecule has 1 rings (SSSR count). The van der Waals surface area contributed by atoms with Crippen LogP contribution in [0.5, 0.6) is 5.75 Å². The number of hydrogen-bond donors (Lipinski definition) is 1. The maximum absolute atomic E-state index is 5.16. The average Bonchev–Trinajstić information content (AvgIpc) is 2.46. The Kier molecular flexibility index (Phi) is 9.14. The molecule has 0 aliphatic rings. The van der Waals surface area contributed by atoms with Crippen LogP contribution in [0.2, 0.25) is 0 Å². The van der Waals surface area contributed by atoms with E-state index in [0.29, 0.717) is 0 Å². The van der Waals surface area contributed by atoms with E-state index in [1.807, 2.05) is 12.1 Å². The summed E-state index contributed by atoms with van der Waals surface area (Å²) in [6.45, 7) is 6.83. The minimum Gasteiger partial charge on any atom is -0.497 e. The standard InChI is InChI=1S/C18H31NO/c1-16(2)8-6-4-5-7-14-19-15-13-17-9-11-18(20-3)12-10-17/h9-12,16,19H,4-8,13-15H2,1-3H3. The first kappa shape index (κ1) is 17.0. The zero-order chi connectivity index (χ0) is 14.6. The summed E-state index contributed by atoms with van der Waals surface area (Å²) in [7, 11) is 1.71. The van der Waals surface area contributed by atoms with Crippen molar-refractivity contribution in [2.45, 2.75) is 52.4 Å². The Bertz CT molecular complexity index is 332. The highest BCUT2D eigenvalue weighted by Crippen LogP contribution is 2.11. The average molecular weight is 277 g/mol. The number of ether oxygens (including phenoxy) is 1. The fraction of sp³-hybridized carbons (Fsp3) is 0.667. The Balaban J connectivity index is 1.94. The molecule has 0 unspecified atom stereocenters. The van der Waals surface area contributed by atoms with Gasteiger partial charge in [-0.25, -0.2) is 0 Å². The number of hydrogen-bond acceptors (Lipinski definition) is 2. The minimum atomic E-state index is 0.859. The molecule has 0 saturated carbocycles. The lowest BCUT2D eigenvalue weighted by atomic mass is 10.0. The van der Waals surface area contributed by atoms with Crippen LogP contribution in [-0.4, -0.2) is 20.2 Å². The van der Waals surface area contributed by atoms with E-state index in [1.54, 1.807) is 7.11 Å². The monoisotopic (exact) mass is 277 g/mol. The molecule has 20 heavy (non-hydrogen) atoms. The molecule has 0 amide bonds.